The number of hydrogen-bond donors (Lipinski definition) is 0. The summed E-state index contributed by atoms with van der Waals surface area (Å²) in [6, 6.07) is 0. The van der Waals surface area contributed by atoms with Crippen molar-refractivity contribution in [2.45, 2.75) is 6.92 Å². The Kier molecular flexibility index (Phi) is 4.90. The fraction of sp³-hybridized carbons (Fsp3) is 1.00. The third kappa shape index (κ3) is 4.01. The van der Waals surface area contributed by atoms with Crippen LogP contribution in [-0.2, 0) is 13.6 Å². The zero-order valence-electron chi connectivity index (χ0n) is 6.43. The Labute approximate surface area is 64.7 Å². The number of azide groups is 1. The Balaban J connectivity index is 4.09. The van der Waals surface area contributed by atoms with Crippen LogP contribution in [0.2, 0.25) is 0 Å². The molecule has 0 aliphatic heterocycles. The quantitative estimate of drug-likeness (QED) is 0.280. The van der Waals surface area contributed by atoms with Crippen molar-refractivity contribution < 1.29 is 13.6 Å². The van der Waals surface area contributed by atoms with Crippen LogP contribution in [0.15, 0.2) is 5.11 Å². The highest BCUT2D eigenvalue weighted by Gasteiger charge is 2.20. The molecule has 0 aromatic carbocycles. The van der Waals surface area contributed by atoms with Gasteiger partial charge in [0, 0.05) is 12.0 Å². The smallest absolute Gasteiger partial charge is 0.312 e. The van der Waals surface area contributed by atoms with Crippen LogP contribution in [0.3, 0.4) is 0 Å². The maximum atomic E-state index is 11.2. The first kappa shape index (κ1) is 10.5. The molecule has 11 heavy (non-hydrogen) atoms. The standard InChI is InChI=1S/C4H10N3O3P/c1-3-10-11(8,9-2)4-6-7-5/h3-4H2,1-2H3. The molecule has 0 N–H and O–H groups in total. The molecule has 0 fully saturated rings. The van der Waals surface area contributed by atoms with E-state index in [0.29, 0.717) is 0 Å². The molecule has 6 nitrogen and oxygen atoms in total. The van der Waals surface area contributed by atoms with Crippen molar-refractivity contribution in [3.05, 3.63) is 10.4 Å². The molecular formula is C4H10N3O3P. The Morgan fingerprint density at radius 1 is 1.73 bits per heavy atom. The normalized spacial score (nSPS) is 15.1. The Hall–Kier alpha value is -0.540. The van der Waals surface area contributed by atoms with E-state index < -0.39 is 7.60 Å². The van der Waals surface area contributed by atoms with E-state index >= 15 is 0 Å². The van der Waals surface area contributed by atoms with E-state index in [1.165, 1.54) is 7.11 Å². The zero-order chi connectivity index (χ0) is 8.74. The van der Waals surface area contributed by atoms with Crippen LogP contribution in [0, 0.1) is 0 Å². The summed E-state index contributed by atoms with van der Waals surface area (Å²) in [5.74, 6) is 0. The molecule has 0 spiro atoms. The van der Waals surface area contributed by atoms with E-state index in [1.54, 1.807) is 6.92 Å². The van der Waals surface area contributed by atoms with Gasteiger partial charge in [0.25, 0.3) is 0 Å². The summed E-state index contributed by atoms with van der Waals surface area (Å²) in [7, 11) is -1.88. The minimum atomic E-state index is -3.14. The summed E-state index contributed by atoms with van der Waals surface area (Å²) in [5.41, 5.74) is 7.92. The Morgan fingerprint density at radius 2 is 2.36 bits per heavy atom. The average Bonchev–Trinajstić information content (AvgIpc) is 2.02. The second kappa shape index (κ2) is 5.16. The van der Waals surface area contributed by atoms with Gasteiger partial charge in [0.05, 0.1) is 6.61 Å². The van der Waals surface area contributed by atoms with Crippen molar-refractivity contribution in [2.75, 3.05) is 20.0 Å². The molecule has 1 unspecified atom stereocenters. The molecule has 0 saturated heterocycles. The fourth-order valence-corrected chi connectivity index (χ4v) is 1.36. The Morgan fingerprint density at radius 3 is 2.73 bits per heavy atom. The van der Waals surface area contributed by atoms with Gasteiger partial charge in [0.2, 0.25) is 0 Å². The maximum absolute atomic E-state index is 11.2. The summed E-state index contributed by atoms with van der Waals surface area (Å²) in [4.78, 5) is 2.44. The van der Waals surface area contributed by atoms with Crippen LogP contribution in [0.5, 0.6) is 0 Å². The van der Waals surface area contributed by atoms with Crippen LogP contribution < -0.4 is 0 Å². The van der Waals surface area contributed by atoms with Crippen molar-refractivity contribution >= 4 is 7.60 Å². The molecule has 7 heteroatoms. The number of nitrogens with zero attached hydrogens (tertiary/aromatic N) is 3. The lowest BCUT2D eigenvalue weighted by atomic mass is 10.9. The lowest BCUT2D eigenvalue weighted by Crippen LogP contribution is -1.94. The molecule has 0 aliphatic carbocycles. The molecular weight excluding hydrogens is 169 g/mol. The van der Waals surface area contributed by atoms with E-state index in [0.717, 1.165) is 0 Å². The van der Waals surface area contributed by atoms with Crippen LogP contribution in [-0.4, -0.2) is 20.0 Å². The third-order valence-electron chi connectivity index (χ3n) is 0.904. The third-order valence-corrected chi connectivity index (χ3v) is 2.58. The molecule has 0 aliphatic rings. The SMILES string of the molecule is CCOP(=O)(CN=[N+]=[N-])OC. The first-order valence-corrected chi connectivity index (χ1v) is 4.71. The molecule has 0 amide bonds. The van der Waals surface area contributed by atoms with E-state index in [2.05, 4.69) is 14.5 Å². The van der Waals surface area contributed by atoms with Gasteiger partial charge in [-0.05, 0) is 12.5 Å². The van der Waals surface area contributed by atoms with Gasteiger partial charge in [-0.25, -0.2) is 0 Å². The lowest BCUT2D eigenvalue weighted by molar-refractivity contribution is 0.245. The molecule has 0 rings (SSSR count). The van der Waals surface area contributed by atoms with Crippen LogP contribution in [0.25, 0.3) is 10.4 Å². The summed E-state index contributed by atoms with van der Waals surface area (Å²) in [6.07, 6.45) is -0.256. The first-order chi connectivity index (χ1) is 5.18. The average molecular weight is 179 g/mol. The molecule has 0 aromatic rings. The molecule has 64 valence electrons. The minimum Gasteiger partial charge on any atom is -0.312 e. The molecule has 0 heterocycles. The summed E-state index contributed by atoms with van der Waals surface area (Å²) < 4.78 is 20.5. The summed E-state index contributed by atoms with van der Waals surface area (Å²) >= 11 is 0. The van der Waals surface area contributed by atoms with Crippen molar-refractivity contribution in [3.63, 3.8) is 0 Å². The molecule has 0 bridgehead atoms. The van der Waals surface area contributed by atoms with Crippen molar-refractivity contribution in [2.24, 2.45) is 5.11 Å². The second-order valence-electron chi connectivity index (χ2n) is 1.58. The highest BCUT2D eigenvalue weighted by atomic mass is 31.2. The first-order valence-electron chi connectivity index (χ1n) is 2.98. The van der Waals surface area contributed by atoms with Gasteiger partial charge in [-0.15, -0.1) is 0 Å². The van der Waals surface area contributed by atoms with Gasteiger partial charge in [-0.3, -0.25) is 4.57 Å². The Bertz CT molecular complexity index is 201. The van der Waals surface area contributed by atoms with Gasteiger partial charge in [0.15, 0.2) is 0 Å². The van der Waals surface area contributed by atoms with Crippen molar-refractivity contribution in [1.82, 2.24) is 0 Å². The van der Waals surface area contributed by atoms with Crippen molar-refractivity contribution in [3.8, 4) is 0 Å². The molecule has 0 saturated carbocycles. The van der Waals surface area contributed by atoms with Crippen LogP contribution >= 0.6 is 7.60 Å². The highest BCUT2D eigenvalue weighted by molar-refractivity contribution is 7.53. The lowest BCUT2D eigenvalue weighted by Gasteiger charge is -2.11. The van der Waals surface area contributed by atoms with Gasteiger partial charge in [-0.1, -0.05) is 5.11 Å². The predicted octanol–water partition coefficient (Wildman–Crippen LogP) is 2.13. The van der Waals surface area contributed by atoms with Gasteiger partial charge < -0.3 is 9.05 Å². The number of rotatable bonds is 5. The summed E-state index contributed by atoms with van der Waals surface area (Å²) in [5, 5.41) is 3.10. The van der Waals surface area contributed by atoms with Gasteiger partial charge >= 0.3 is 7.60 Å². The van der Waals surface area contributed by atoms with E-state index in [1.807, 2.05) is 0 Å². The maximum Gasteiger partial charge on any atom is 0.336 e. The van der Waals surface area contributed by atoms with Gasteiger partial charge in [0.1, 0.15) is 6.29 Å². The predicted molar refractivity (Wildman–Crippen MR) is 40.3 cm³/mol. The monoisotopic (exact) mass is 179 g/mol. The molecule has 1 atom stereocenters. The van der Waals surface area contributed by atoms with Crippen molar-refractivity contribution in [1.29, 1.82) is 0 Å². The van der Waals surface area contributed by atoms with Gasteiger partial charge in [-0.2, -0.15) is 0 Å². The molecule has 0 radical (unpaired) electrons. The van der Waals surface area contributed by atoms with Crippen LogP contribution in [0.1, 0.15) is 6.92 Å². The fourth-order valence-electron chi connectivity index (χ4n) is 0.454. The van der Waals surface area contributed by atoms with E-state index in [9.17, 15) is 4.57 Å². The molecule has 0 aromatic heterocycles. The summed E-state index contributed by atoms with van der Waals surface area (Å²) in [6.45, 7) is 1.95. The second-order valence-corrected chi connectivity index (χ2v) is 3.71. The largest absolute Gasteiger partial charge is 0.336 e. The zero-order valence-corrected chi connectivity index (χ0v) is 7.32. The minimum absolute atomic E-state index is 0.256. The van der Waals surface area contributed by atoms with Crippen LogP contribution in [0.4, 0.5) is 0 Å². The van der Waals surface area contributed by atoms with E-state index in [-0.39, 0.29) is 12.9 Å². The van der Waals surface area contributed by atoms with E-state index in [4.69, 9.17) is 10.1 Å². The highest BCUT2D eigenvalue weighted by Crippen LogP contribution is 2.46. The topological polar surface area (TPSA) is 84.3 Å². The number of hydrogen-bond acceptors (Lipinski definition) is 4.